The van der Waals surface area contributed by atoms with Gasteiger partial charge < -0.3 is 14.7 Å². The maximum atomic E-state index is 11.6. The van der Waals surface area contributed by atoms with Gasteiger partial charge in [0.05, 0.1) is 17.6 Å². The number of rotatable bonds is 4. The zero-order valence-electron chi connectivity index (χ0n) is 10.3. The Kier molecular flexibility index (Phi) is 4.38. The van der Waals surface area contributed by atoms with Gasteiger partial charge in [0.1, 0.15) is 0 Å². The Balaban J connectivity index is 2.67. The number of aliphatic carboxylic acids is 1. The lowest BCUT2D eigenvalue weighted by Crippen LogP contribution is -2.46. The van der Waals surface area contributed by atoms with E-state index in [0.717, 1.165) is 0 Å². The second kappa shape index (κ2) is 5.23. The third-order valence-corrected chi connectivity index (χ3v) is 2.74. The fourth-order valence-corrected chi connectivity index (χ4v) is 1.89. The number of likely N-dealkylation sites (tertiary alicyclic amines) is 1. The number of alkyl halides is 1. The van der Waals surface area contributed by atoms with Gasteiger partial charge in [-0.25, -0.2) is 4.79 Å². The number of hydrogen-bond acceptors (Lipinski definition) is 3. The van der Waals surface area contributed by atoms with Crippen molar-refractivity contribution in [2.24, 2.45) is 0 Å². The Bertz CT molecular complexity index is 313. The Labute approximate surface area is 106 Å². The molecule has 1 amide bonds. The third-order valence-electron chi connectivity index (χ3n) is 2.45. The average molecular weight is 264 g/mol. The summed E-state index contributed by atoms with van der Waals surface area (Å²) in [6, 6.07) is -0.953. The molecule has 98 valence electrons. The summed E-state index contributed by atoms with van der Waals surface area (Å²) in [6.45, 7) is 5.76. The van der Waals surface area contributed by atoms with Crippen molar-refractivity contribution in [2.45, 2.75) is 44.2 Å². The van der Waals surface area contributed by atoms with Gasteiger partial charge in [0.15, 0.2) is 6.04 Å². The lowest BCUT2D eigenvalue weighted by Gasteiger charge is -2.28. The van der Waals surface area contributed by atoms with E-state index in [2.05, 4.69) is 0 Å². The molecule has 6 heteroatoms. The molecule has 1 unspecified atom stereocenters. The van der Waals surface area contributed by atoms with E-state index in [-0.39, 0.29) is 30.9 Å². The second-order valence-electron chi connectivity index (χ2n) is 5.12. The van der Waals surface area contributed by atoms with Crippen molar-refractivity contribution < 1.29 is 19.4 Å². The van der Waals surface area contributed by atoms with E-state index in [9.17, 15) is 9.59 Å². The number of amides is 1. The van der Waals surface area contributed by atoms with Crippen LogP contribution in [0.1, 0.15) is 27.2 Å². The summed E-state index contributed by atoms with van der Waals surface area (Å²) in [5, 5.41) is 8.81. The number of ether oxygens (including phenoxy) is 1. The maximum Gasteiger partial charge on any atom is 0.328 e. The molecule has 2 atom stereocenters. The number of carboxylic acid groups (broad SMARTS) is 1. The second-order valence-corrected chi connectivity index (χ2v) is 5.74. The maximum absolute atomic E-state index is 11.6. The molecule has 0 radical (unpaired) electrons. The van der Waals surface area contributed by atoms with Crippen LogP contribution in [-0.4, -0.2) is 52.1 Å². The molecule has 0 aromatic rings. The highest BCUT2D eigenvalue weighted by Gasteiger charge is 2.37. The van der Waals surface area contributed by atoms with Crippen molar-refractivity contribution in [3.05, 3.63) is 0 Å². The van der Waals surface area contributed by atoms with Gasteiger partial charge in [-0.15, -0.1) is 11.6 Å². The molecule has 0 bridgehead atoms. The lowest BCUT2D eigenvalue weighted by atomic mass is 10.2. The van der Waals surface area contributed by atoms with Gasteiger partial charge in [-0.3, -0.25) is 4.79 Å². The number of halogens is 1. The molecule has 1 aliphatic heterocycles. The quantitative estimate of drug-likeness (QED) is 0.771. The van der Waals surface area contributed by atoms with Gasteiger partial charge in [-0.05, 0) is 20.8 Å². The topological polar surface area (TPSA) is 66.8 Å². The van der Waals surface area contributed by atoms with Crippen LogP contribution >= 0.6 is 11.6 Å². The van der Waals surface area contributed by atoms with Gasteiger partial charge in [-0.2, -0.15) is 0 Å². The van der Waals surface area contributed by atoms with Gasteiger partial charge in [-0.1, -0.05) is 0 Å². The minimum absolute atomic E-state index is 0.0197. The molecule has 0 aromatic heterocycles. The van der Waals surface area contributed by atoms with Crippen LogP contribution in [0.3, 0.4) is 0 Å². The van der Waals surface area contributed by atoms with E-state index in [1.165, 1.54) is 4.90 Å². The van der Waals surface area contributed by atoms with E-state index >= 15 is 0 Å². The predicted molar refractivity (Wildman–Crippen MR) is 63.1 cm³/mol. The van der Waals surface area contributed by atoms with E-state index in [1.807, 2.05) is 20.8 Å². The molecule has 1 aliphatic rings. The molecule has 17 heavy (non-hydrogen) atoms. The van der Waals surface area contributed by atoms with Crippen LogP contribution in [0.5, 0.6) is 0 Å². The molecule has 0 saturated carbocycles. The molecular formula is C11H18ClNO4. The van der Waals surface area contributed by atoms with Crippen molar-refractivity contribution in [1.29, 1.82) is 0 Å². The van der Waals surface area contributed by atoms with Crippen molar-refractivity contribution in [1.82, 2.24) is 4.90 Å². The summed E-state index contributed by atoms with van der Waals surface area (Å²) in [5.41, 5.74) is -0.434. The highest BCUT2D eigenvalue weighted by Crippen LogP contribution is 2.20. The fourth-order valence-electron chi connectivity index (χ4n) is 1.61. The van der Waals surface area contributed by atoms with Crippen LogP contribution in [0.2, 0.25) is 0 Å². The van der Waals surface area contributed by atoms with Crippen LogP contribution in [0, 0.1) is 0 Å². The molecule has 1 N–H and O–H groups in total. The molecule has 0 aromatic carbocycles. The number of carbonyl (C=O) groups excluding carboxylic acids is 1. The molecule has 1 rings (SSSR count). The Morgan fingerprint density at radius 1 is 1.65 bits per heavy atom. The standard InChI is InChI=1S/C11H18ClNO4/c1-11(2,3)17-6-8(10(15)16)13-5-7(12)4-9(13)14/h7-8H,4-6H2,1-3H3,(H,15,16)/t7?,8-/m0/s1. The largest absolute Gasteiger partial charge is 0.480 e. The third kappa shape index (κ3) is 4.16. The van der Waals surface area contributed by atoms with Gasteiger partial charge in [0, 0.05) is 13.0 Å². The molecule has 0 aliphatic carbocycles. The highest BCUT2D eigenvalue weighted by atomic mass is 35.5. The molecule has 1 fully saturated rings. The molecule has 5 nitrogen and oxygen atoms in total. The Hall–Kier alpha value is -0.810. The predicted octanol–water partition coefficient (Wildman–Crippen LogP) is 1.09. The summed E-state index contributed by atoms with van der Waals surface area (Å²) < 4.78 is 5.43. The Morgan fingerprint density at radius 3 is 2.59 bits per heavy atom. The van der Waals surface area contributed by atoms with Gasteiger partial charge in [0.25, 0.3) is 0 Å². The van der Waals surface area contributed by atoms with E-state index in [1.54, 1.807) is 0 Å². The van der Waals surface area contributed by atoms with Crippen LogP contribution in [0.25, 0.3) is 0 Å². The molecule has 1 heterocycles. The lowest BCUT2D eigenvalue weighted by molar-refractivity contribution is -0.153. The monoisotopic (exact) mass is 263 g/mol. The molecular weight excluding hydrogens is 246 g/mol. The smallest absolute Gasteiger partial charge is 0.328 e. The normalized spacial score (nSPS) is 22.9. The summed E-state index contributed by atoms with van der Waals surface area (Å²) in [6.07, 6.45) is 0.195. The first-order valence-electron chi connectivity index (χ1n) is 5.51. The first-order valence-corrected chi connectivity index (χ1v) is 5.94. The number of carboxylic acids is 1. The van der Waals surface area contributed by atoms with Crippen molar-refractivity contribution in [3.8, 4) is 0 Å². The summed E-state index contributed by atoms with van der Waals surface area (Å²) in [7, 11) is 0. The van der Waals surface area contributed by atoms with E-state index in [0.29, 0.717) is 0 Å². The number of nitrogens with zero attached hydrogens (tertiary/aromatic N) is 1. The minimum Gasteiger partial charge on any atom is -0.480 e. The molecule has 0 spiro atoms. The van der Waals surface area contributed by atoms with Crippen LogP contribution in [0.15, 0.2) is 0 Å². The van der Waals surface area contributed by atoms with Gasteiger partial charge >= 0.3 is 5.97 Å². The SMILES string of the molecule is CC(C)(C)OC[C@@H](C(=O)O)N1CC(Cl)CC1=O. The van der Waals surface area contributed by atoms with Crippen LogP contribution in [-0.2, 0) is 14.3 Å². The summed E-state index contributed by atoms with van der Waals surface area (Å²) in [4.78, 5) is 24.0. The minimum atomic E-state index is -1.06. The summed E-state index contributed by atoms with van der Waals surface area (Å²) >= 11 is 5.84. The van der Waals surface area contributed by atoms with Crippen molar-refractivity contribution in [2.75, 3.05) is 13.2 Å². The number of carbonyl (C=O) groups is 2. The van der Waals surface area contributed by atoms with Crippen molar-refractivity contribution >= 4 is 23.5 Å². The summed E-state index contributed by atoms with van der Waals surface area (Å²) in [5.74, 6) is -1.29. The first-order chi connectivity index (χ1) is 7.70. The zero-order chi connectivity index (χ0) is 13.2. The zero-order valence-corrected chi connectivity index (χ0v) is 11.0. The molecule has 1 saturated heterocycles. The highest BCUT2D eigenvalue weighted by molar-refractivity contribution is 6.22. The average Bonchev–Trinajstić information content (AvgIpc) is 2.43. The fraction of sp³-hybridized carbons (Fsp3) is 0.818. The van der Waals surface area contributed by atoms with E-state index < -0.39 is 17.6 Å². The number of hydrogen-bond donors (Lipinski definition) is 1. The van der Waals surface area contributed by atoms with Gasteiger partial charge in [0.2, 0.25) is 5.91 Å². The van der Waals surface area contributed by atoms with Crippen molar-refractivity contribution in [3.63, 3.8) is 0 Å². The first kappa shape index (κ1) is 14.3. The van der Waals surface area contributed by atoms with E-state index in [4.69, 9.17) is 21.4 Å². The Morgan fingerprint density at radius 2 is 2.24 bits per heavy atom. The van der Waals surface area contributed by atoms with Crippen LogP contribution < -0.4 is 0 Å². The van der Waals surface area contributed by atoms with Crippen LogP contribution in [0.4, 0.5) is 0 Å².